The Hall–Kier alpha value is -0.160. The molecule has 1 saturated heterocycles. The number of ether oxygens (including phenoxy) is 1. The highest BCUT2D eigenvalue weighted by molar-refractivity contribution is 4.72. The van der Waals surface area contributed by atoms with Gasteiger partial charge in [0, 0.05) is 26.2 Å². The molecule has 1 fully saturated rings. The first-order chi connectivity index (χ1) is 6.72. The van der Waals surface area contributed by atoms with Crippen molar-refractivity contribution in [2.24, 2.45) is 0 Å². The van der Waals surface area contributed by atoms with Crippen molar-refractivity contribution in [2.75, 3.05) is 39.3 Å². The Morgan fingerprint density at radius 3 is 3.07 bits per heavy atom. The molecule has 0 amide bonds. The third-order valence-electron chi connectivity index (χ3n) is 2.48. The van der Waals surface area contributed by atoms with Crippen molar-refractivity contribution in [1.82, 2.24) is 10.2 Å². The maximum absolute atomic E-state index is 9.07. The fourth-order valence-corrected chi connectivity index (χ4v) is 1.64. The second-order valence-corrected chi connectivity index (χ2v) is 3.89. The first-order valence-corrected chi connectivity index (χ1v) is 5.45. The number of morpholine rings is 1. The molecule has 2 N–H and O–H groups in total. The van der Waals surface area contributed by atoms with Crippen LogP contribution < -0.4 is 5.32 Å². The molecule has 1 heterocycles. The standard InChI is InChI=1S/C10H22N2O2/c1-3-12-4-5-14-10(8-12)7-11-6-9(2)13/h9-11,13H,3-8H2,1-2H3. The summed E-state index contributed by atoms with van der Waals surface area (Å²) in [5.41, 5.74) is 0. The first-order valence-electron chi connectivity index (χ1n) is 5.45. The van der Waals surface area contributed by atoms with Crippen LogP contribution in [0.4, 0.5) is 0 Å². The second kappa shape index (κ2) is 6.35. The molecule has 2 atom stereocenters. The quantitative estimate of drug-likeness (QED) is 0.641. The van der Waals surface area contributed by atoms with E-state index in [0.717, 1.165) is 32.8 Å². The molecule has 0 spiro atoms. The maximum Gasteiger partial charge on any atom is 0.0826 e. The van der Waals surface area contributed by atoms with Crippen molar-refractivity contribution < 1.29 is 9.84 Å². The van der Waals surface area contributed by atoms with E-state index >= 15 is 0 Å². The molecule has 0 aromatic carbocycles. The van der Waals surface area contributed by atoms with Crippen LogP contribution in [-0.2, 0) is 4.74 Å². The second-order valence-electron chi connectivity index (χ2n) is 3.89. The van der Waals surface area contributed by atoms with Gasteiger partial charge in [-0.05, 0) is 13.5 Å². The number of aliphatic hydroxyl groups is 1. The Morgan fingerprint density at radius 1 is 1.64 bits per heavy atom. The van der Waals surface area contributed by atoms with Gasteiger partial charge in [0.1, 0.15) is 0 Å². The number of hydrogen-bond donors (Lipinski definition) is 2. The van der Waals surface area contributed by atoms with Gasteiger partial charge in [0.25, 0.3) is 0 Å². The molecule has 84 valence electrons. The Bertz CT molecular complexity index is 153. The van der Waals surface area contributed by atoms with E-state index in [-0.39, 0.29) is 12.2 Å². The molecule has 0 aromatic heterocycles. The van der Waals surface area contributed by atoms with Crippen molar-refractivity contribution in [3.8, 4) is 0 Å². The number of aliphatic hydroxyl groups excluding tert-OH is 1. The number of likely N-dealkylation sites (N-methyl/N-ethyl adjacent to an activating group) is 1. The largest absolute Gasteiger partial charge is 0.392 e. The topological polar surface area (TPSA) is 44.7 Å². The van der Waals surface area contributed by atoms with Gasteiger partial charge in [-0.2, -0.15) is 0 Å². The molecular formula is C10H22N2O2. The normalized spacial score (nSPS) is 26.4. The highest BCUT2D eigenvalue weighted by Gasteiger charge is 2.18. The Kier molecular flexibility index (Phi) is 5.40. The van der Waals surface area contributed by atoms with Gasteiger partial charge in [0.05, 0.1) is 18.8 Å². The molecule has 1 rings (SSSR count). The molecule has 2 unspecified atom stereocenters. The summed E-state index contributed by atoms with van der Waals surface area (Å²) >= 11 is 0. The minimum atomic E-state index is -0.277. The summed E-state index contributed by atoms with van der Waals surface area (Å²) in [7, 11) is 0. The fourth-order valence-electron chi connectivity index (χ4n) is 1.64. The van der Waals surface area contributed by atoms with Gasteiger partial charge in [-0.15, -0.1) is 0 Å². The van der Waals surface area contributed by atoms with Crippen LogP contribution >= 0.6 is 0 Å². The van der Waals surface area contributed by atoms with Crippen molar-refractivity contribution >= 4 is 0 Å². The van der Waals surface area contributed by atoms with Gasteiger partial charge in [0.15, 0.2) is 0 Å². The summed E-state index contributed by atoms with van der Waals surface area (Å²) in [5, 5.41) is 12.3. The molecular weight excluding hydrogens is 180 g/mol. The van der Waals surface area contributed by atoms with E-state index in [9.17, 15) is 0 Å². The number of rotatable bonds is 5. The van der Waals surface area contributed by atoms with Gasteiger partial charge in [-0.1, -0.05) is 6.92 Å². The zero-order chi connectivity index (χ0) is 10.4. The molecule has 0 aliphatic carbocycles. The minimum absolute atomic E-state index is 0.277. The molecule has 0 radical (unpaired) electrons. The molecule has 0 bridgehead atoms. The minimum Gasteiger partial charge on any atom is -0.392 e. The zero-order valence-corrected chi connectivity index (χ0v) is 9.20. The lowest BCUT2D eigenvalue weighted by atomic mass is 10.2. The highest BCUT2D eigenvalue weighted by Crippen LogP contribution is 2.03. The SMILES string of the molecule is CCN1CCOC(CNCC(C)O)C1. The molecule has 1 aliphatic rings. The van der Waals surface area contributed by atoms with E-state index in [4.69, 9.17) is 9.84 Å². The van der Waals surface area contributed by atoms with Crippen LogP contribution in [0.3, 0.4) is 0 Å². The van der Waals surface area contributed by atoms with Crippen LogP contribution in [0, 0.1) is 0 Å². The monoisotopic (exact) mass is 202 g/mol. The summed E-state index contributed by atoms with van der Waals surface area (Å²) < 4.78 is 5.61. The van der Waals surface area contributed by atoms with Crippen molar-refractivity contribution in [1.29, 1.82) is 0 Å². The Labute approximate surface area is 86.2 Å². The van der Waals surface area contributed by atoms with E-state index in [1.54, 1.807) is 6.92 Å². The number of hydrogen-bond acceptors (Lipinski definition) is 4. The lowest BCUT2D eigenvalue weighted by Crippen LogP contribution is -2.47. The molecule has 4 heteroatoms. The summed E-state index contributed by atoms with van der Waals surface area (Å²) in [6, 6.07) is 0. The van der Waals surface area contributed by atoms with Crippen LogP contribution in [0.15, 0.2) is 0 Å². The van der Waals surface area contributed by atoms with Gasteiger partial charge in [-0.25, -0.2) is 0 Å². The third kappa shape index (κ3) is 4.37. The van der Waals surface area contributed by atoms with Crippen LogP contribution in [0.5, 0.6) is 0 Å². The molecule has 0 saturated carbocycles. The van der Waals surface area contributed by atoms with Crippen LogP contribution in [0.1, 0.15) is 13.8 Å². The predicted molar refractivity (Wildman–Crippen MR) is 56.4 cm³/mol. The van der Waals surface area contributed by atoms with Gasteiger partial charge in [-0.3, -0.25) is 4.90 Å². The van der Waals surface area contributed by atoms with E-state index in [2.05, 4.69) is 17.1 Å². The Morgan fingerprint density at radius 2 is 2.43 bits per heavy atom. The summed E-state index contributed by atoms with van der Waals surface area (Å²) in [6.45, 7) is 9.41. The predicted octanol–water partition coefficient (Wildman–Crippen LogP) is -0.322. The average molecular weight is 202 g/mol. The van der Waals surface area contributed by atoms with Gasteiger partial charge >= 0.3 is 0 Å². The summed E-state index contributed by atoms with van der Waals surface area (Å²) in [6.07, 6.45) is 0.00307. The zero-order valence-electron chi connectivity index (χ0n) is 9.20. The number of nitrogens with one attached hydrogen (secondary N) is 1. The Balaban J connectivity index is 2.11. The lowest BCUT2D eigenvalue weighted by molar-refractivity contribution is -0.0260. The molecule has 14 heavy (non-hydrogen) atoms. The lowest BCUT2D eigenvalue weighted by Gasteiger charge is -2.32. The van der Waals surface area contributed by atoms with Crippen LogP contribution in [-0.4, -0.2) is 61.5 Å². The van der Waals surface area contributed by atoms with Crippen LogP contribution in [0.25, 0.3) is 0 Å². The van der Waals surface area contributed by atoms with Crippen molar-refractivity contribution in [2.45, 2.75) is 26.1 Å². The molecule has 0 aromatic rings. The number of nitrogens with zero attached hydrogens (tertiary/aromatic N) is 1. The van der Waals surface area contributed by atoms with E-state index in [0.29, 0.717) is 6.54 Å². The average Bonchev–Trinajstić information content (AvgIpc) is 2.18. The maximum atomic E-state index is 9.07. The molecule has 1 aliphatic heterocycles. The van der Waals surface area contributed by atoms with Gasteiger partial charge in [0.2, 0.25) is 0 Å². The van der Waals surface area contributed by atoms with E-state index in [1.165, 1.54) is 0 Å². The molecule has 4 nitrogen and oxygen atoms in total. The van der Waals surface area contributed by atoms with Crippen LogP contribution in [0.2, 0.25) is 0 Å². The smallest absolute Gasteiger partial charge is 0.0826 e. The summed E-state index contributed by atoms with van der Waals surface area (Å²) in [5.74, 6) is 0. The van der Waals surface area contributed by atoms with Gasteiger partial charge < -0.3 is 15.2 Å². The fraction of sp³-hybridized carbons (Fsp3) is 1.00. The third-order valence-corrected chi connectivity index (χ3v) is 2.48. The van der Waals surface area contributed by atoms with E-state index < -0.39 is 0 Å². The van der Waals surface area contributed by atoms with Crippen molar-refractivity contribution in [3.63, 3.8) is 0 Å². The van der Waals surface area contributed by atoms with E-state index in [1.807, 2.05) is 0 Å². The van der Waals surface area contributed by atoms with Crippen molar-refractivity contribution in [3.05, 3.63) is 0 Å². The summed E-state index contributed by atoms with van der Waals surface area (Å²) in [4.78, 5) is 2.39. The highest BCUT2D eigenvalue weighted by atomic mass is 16.5. The first kappa shape index (κ1) is 11.9.